The van der Waals surface area contributed by atoms with Crippen molar-refractivity contribution in [2.45, 2.75) is 24.3 Å². The minimum absolute atomic E-state index is 0.0262. The highest BCUT2D eigenvalue weighted by molar-refractivity contribution is 7.92. The van der Waals surface area contributed by atoms with Crippen LogP contribution in [0.5, 0.6) is 5.75 Å². The second-order valence-corrected chi connectivity index (χ2v) is 9.13. The standard InChI is InChI=1S/C22H19Cl2FN2O4S/c1-2-19(31-20-9-4-3-7-17(20)25)22(28)26-14-10-12-15(13-11-14)32(29,30)27-18-8-5-6-16(23)21(18)24/h3-13,19,27H,2H2,1H3,(H,26,28)/t19-/m0/s1. The Morgan fingerprint density at radius 3 is 2.38 bits per heavy atom. The molecule has 0 saturated carbocycles. The number of sulfonamides is 1. The molecule has 0 aliphatic rings. The highest BCUT2D eigenvalue weighted by atomic mass is 35.5. The minimum atomic E-state index is -3.94. The second-order valence-electron chi connectivity index (χ2n) is 6.67. The van der Waals surface area contributed by atoms with E-state index in [2.05, 4.69) is 10.0 Å². The molecule has 0 fully saturated rings. The van der Waals surface area contributed by atoms with Crippen LogP contribution in [0.1, 0.15) is 13.3 Å². The molecule has 0 unspecified atom stereocenters. The average Bonchev–Trinajstić information content (AvgIpc) is 2.76. The molecule has 0 bridgehead atoms. The van der Waals surface area contributed by atoms with Gasteiger partial charge in [-0.15, -0.1) is 0 Å². The summed E-state index contributed by atoms with van der Waals surface area (Å²) in [7, 11) is -3.94. The summed E-state index contributed by atoms with van der Waals surface area (Å²) < 4.78 is 46.9. The van der Waals surface area contributed by atoms with Crippen LogP contribution in [0.2, 0.25) is 10.0 Å². The Kier molecular flexibility index (Phi) is 7.60. The lowest BCUT2D eigenvalue weighted by Gasteiger charge is -2.18. The highest BCUT2D eigenvalue weighted by Crippen LogP contribution is 2.31. The molecule has 0 radical (unpaired) electrons. The summed E-state index contributed by atoms with van der Waals surface area (Å²) in [5.74, 6) is -1.09. The zero-order valence-electron chi connectivity index (χ0n) is 16.8. The van der Waals surface area contributed by atoms with Crippen molar-refractivity contribution in [1.29, 1.82) is 0 Å². The second kappa shape index (κ2) is 10.2. The third-order valence-electron chi connectivity index (χ3n) is 4.40. The molecule has 10 heteroatoms. The Balaban J connectivity index is 1.70. The van der Waals surface area contributed by atoms with E-state index < -0.39 is 27.9 Å². The minimum Gasteiger partial charge on any atom is -0.478 e. The van der Waals surface area contributed by atoms with E-state index in [1.807, 2.05) is 0 Å². The van der Waals surface area contributed by atoms with Crippen LogP contribution in [0.25, 0.3) is 0 Å². The van der Waals surface area contributed by atoms with Crippen molar-refractivity contribution in [3.8, 4) is 5.75 Å². The summed E-state index contributed by atoms with van der Waals surface area (Å²) >= 11 is 12.0. The Morgan fingerprint density at radius 2 is 1.72 bits per heavy atom. The van der Waals surface area contributed by atoms with Crippen LogP contribution in [0.3, 0.4) is 0 Å². The molecule has 0 saturated heterocycles. The topological polar surface area (TPSA) is 84.5 Å². The van der Waals surface area contributed by atoms with Gasteiger partial charge in [-0.1, -0.05) is 48.3 Å². The van der Waals surface area contributed by atoms with Gasteiger partial charge in [-0.3, -0.25) is 9.52 Å². The van der Waals surface area contributed by atoms with Crippen molar-refractivity contribution < 1.29 is 22.3 Å². The average molecular weight is 497 g/mol. The quantitative estimate of drug-likeness (QED) is 0.417. The SMILES string of the molecule is CC[C@H](Oc1ccccc1F)C(=O)Nc1ccc(S(=O)(=O)Nc2cccc(Cl)c2Cl)cc1. The Labute approximate surface area is 195 Å². The van der Waals surface area contributed by atoms with Gasteiger partial charge in [-0.2, -0.15) is 0 Å². The molecule has 3 aromatic rings. The Morgan fingerprint density at radius 1 is 1.03 bits per heavy atom. The number of halogens is 3. The van der Waals surface area contributed by atoms with Gasteiger partial charge >= 0.3 is 0 Å². The van der Waals surface area contributed by atoms with Crippen molar-refractivity contribution in [3.63, 3.8) is 0 Å². The summed E-state index contributed by atoms with van der Waals surface area (Å²) in [6, 6.07) is 15.9. The number of carbonyl (C=O) groups is 1. The highest BCUT2D eigenvalue weighted by Gasteiger charge is 2.21. The van der Waals surface area contributed by atoms with E-state index in [1.54, 1.807) is 25.1 Å². The van der Waals surface area contributed by atoms with Crippen molar-refractivity contribution in [2.75, 3.05) is 10.0 Å². The number of benzene rings is 3. The molecule has 0 heterocycles. The van der Waals surface area contributed by atoms with Crippen LogP contribution >= 0.6 is 23.2 Å². The van der Waals surface area contributed by atoms with Gasteiger partial charge in [0.25, 0.3) is 15.9 Å². The Bertz CT molecular complexity index is 1220. The van der Waals surface area contributed by atoms with Gasteiger partial charge in [-0.05, 0) is 55.0 Å². The maximum atomic E-state index is 13.8. The van der Waals surface area contributed by atoms with Crippen LogP contribution in [0.15, 0.2) is 71.6 Å². The molecule has 0 aliphatic heterocycles. The van der Waals surface area contributed by atoms with Crippen LogP contribution in [-0.4, -0.2) is 20.4 Å². The maximum absolute atomic E-state index is 13.8. The van der Waals surface area contributed by atoms with Crippen molar-refractivity contribution >= 4 is 50.5 Å². The fraction of sp³-hybridized carbons (Fsp3) is 0.136. The third-order valence-corrected chi connectivity index (χ3v) is 6.60. The molecule has 3 rings (SSSR count). The molecule has 0 aliphatic carbocycles. The predicted molar refractivity (Wildman–Crippen MR) is 123 cm³/mol. The van der Waals surface area contributed by atoms with Crippen molar-refractivity contribution in [2.24, 2.45) is 0 Å². The molecule has 32 heavy (non-hydrogen) atoms. The summed E-state index contributed by atoms with van der Waals surface area (Å²) in [5.41, 5.74) is 0.498. The lowest BCUT2D eigenvalue weighted by molar-refractivity contribution is -0.122. The van der Waals surface area contributed by atoms with E-state index in [1.165, 1.54) is 48.5 Å². The van der Waals surface area contributed by atoms with Gasteiger partial charge < -0.3 is 10.1 Å². The fourth-order valence-electron chi connectivity index (χ4n) is 2.74. The molecular weight excluding hydrogens is 478 g/mol. The number of ether oxygens (including phenoxy) is 1. The Hall–Kier alpha value is -2.81. The summed E-state index contributed by atoms with van der Waals surface area (Å²) in [6.07, 6.45) is -0.626. The number of carbonyl (C=O) groups excluding carboxylic acids is 1. The van der Waals surface area contributed by atoms with E-state index in [4.69, 9.17) is 27.9 Å². The number of amides is 1. The van der Waals surface area contributed by atoms with Gasteiger partial charge in [0.15, 0.2) is 17.7 Å². The summed E-state index contributed by atoms with van der Waals surface area (Å²) in [6.45, 7) is 1.73. The summed E-state index contributed by atoms with van der Waals surface area (Å²) in [5, 5.41) is 2.94. The first-order valence-electron chi connectivity index (χ1n) is 9.50. The smallest absolute Gasteiger partial charge is 0.265 e. The first kappa shape index (κ1) is 23.8. The molecule has 1 atom stereocenters. The number of nitrogens with one attached hydrogen (secondary N) is 2. The van der Waals surface area contributed by atoms with Gasteiger partial charge in [-0.25, -0.2) is 12.8 Å². The molecule has 168 valence electrons. The van der Waals surface area contributed by atoms with E-state index in [0.29, 0.717) is 12.1 Å². The van der Waals surface area contributed by atoms with Gasteiger partial charge in [0.2, 0.25) is 0 Å². The first-order chi connectivity index (χ1) is 15.2. The zero-order valence-corrected chi connectivity index (χ0v) is 19.1. The molecule has 1 amide bonds. The molecule has 3 aromatic carbocycles. The first-order valence-corrected chi connectivity index (χ1v) is 11.7. The number of hydrogen-bond donors (Lipinski definition) is 2. The van der Waals surface area contributed by atoms with Gasteiger partial charge in [0, 0.05) is 5.69 Å². The third kappa shape index (κ3) is 5.70. The van der Waals surface area contributed by atoms with E-state index in [-0.39, 0.29) is 26.4 Å². The van der Waals surface area contributed by atoms with Crippen LogP contribution in [0.4, 0.5) is 15.8 Å². The van der Waals surface area contributed by atoms with E-state index >= 15 is 0 Å². The molecule has 2 N–H and O–H groups in total. The molecular formula is C22H19Cl2FN2O4S. The molecule has 0 spiro atoms. The largest absolute Gasteiger partial charge is 0.478 e. The zero-order chi connectivity index (χ0) is 23.3. The van der Waals surface area contributed by atoms with Crippen LogP contribution in [0, 0.1) is 5.82 Å². The monoisotopic (exact) mass is 496 g/mol. The molecule has 6 nitrogen and oxygen atoms in total. The van der Waals surface area contributed by atoms with E-state index in [0.717, 1.165) is 0 Å². The molecule has 0 aromatic heterocycles. The number of anilines is 2. The lowest BCUT2D eigenvalue weighted by atomic mass is 10.2. The number of para-hydroxylation sites is 1. The van der Waals surface area contributed by atoms with E-state index in [9.17, 15) is 17.6 Å². The fourth-order valence-corrected chi connectivity index (χ4v) is 4.22. The van der Waals surface area contributed by atoms with Crippen LogP contribution < -0.4 is 14.8 Å². The normalized spacial score (nSPS) is 12.1. The van der Waals surface area contributed by atoms with Crippen molar-refractivity contribution in [3.05, 3.63) is 82.6 Å². The number of hydrogen-bond acceptors (Lipinski definition) is 4. The van der Waals surface area contributed by atoms with Crippen LogP contribution in [-0.2, 0) is 14.8 Å². The number of rotatable bonds is 8. The van der Waals surface area contributed by atoms with Crippen molar-refractivity contribution in [1.82, 2.24) is 0 Å². The predicted octanol–water partition coefficient (Wildman–Crippen LogP) is 5.73. The van der Waals surface area contributed by atoms with Gasteiger partial charge in [0.05, 0.1) is 20.6 Å². The van der Waals surface area contributed by atoms with Gasteiger partial charge in [0.1, 0.15) is 0 Å². The maximum Gasteiger partial charge on any atom is 0.265 e. The summed E-state index contributed by atoms with van der Waals surface area (Å²) in [4.78, 5) is 12.5. The lowest BCUT2D eigenvalue weighted by Crippen LogP contribution is -2.32.